The molecule has 3 heterocycles. The van der Waals surface area contributed by atoms with Crippen LogP contribution in [0.5, 0.6) is 11.6 Å². The van der Waals surface area contributed by atoms with E-state index in [0.717, 1.165) is 62.4 Å². The highest BCUT2D eigenvalue weighted by Gasteiger charge is 2.50. The molecule has 8 atom stereocenters. The summed E-state index contributed by atoms with van der Waals surface area (Å²) in [6.07, 6.45) is 7.37. The highest BCUT2D eigenvalue weighted by atomic mass is 16.6. The highest BCUT2D eigenvalue weighted by molar-refractivity contribution is 5.89. The molecule has 2 bridgehead atoms. The van der Waals surface area contributed by atoms with Gasteiger partial charge in [-0.15, -0.1) is 0 Å². The second kappa shape index (κ2) is 12.1. The van der Waals surface area contributed by atoms with Gasteiger partial charge in [-0.1, -0.05) is 34.1 Å². The van der Waals surface area contributed by atoms with Crippen LogP contribution in [-0.2, 0) is 14.3 Å². The number of hydrogen-bond donors (Lipinski definition) is 1. The fourth-order valence-electron chi connectivity index (χ4n) is 8.07. The number of hydrogen-bond acceptors (Lipinski definition) is 8. The number of rotatable bonds is 3. The number of ether oxygens (including phenoxy) is 3. The van der Waals surface area contributed by atoms with Crippen molar-refractivity contribution in [3.63, 3.8) is 0 Å². The standard InChI is InChI=1S/C35H48N4O6/c1-7-23-27(19-40)39-18-28(23)44-31-29(36-25-14-13-22(43-6)17-26(25)37-31)24-16-20(24)10-8-11-21-12-9-15-35(21,5)45-33(42)38-30(32(39)41)34(2,3)4/h13-14,17,19-21,23-24,27-28,30H,7-12,15-16,18H2,1-6H3,(H,38,42)/t20?,21-,23+,24?,27-,28+,30-,35-/m1/s1. The lowest BCUT2D eigenvalue weighted by Crippen LogP contribution is -2.57. The molecule has 2 saturated carbocycles. The van der Waals surface area contributed by atoms with Gasteiger partial charge in [0.1, 0.15) is 35.5 Å². The third-order valence-corrected chi connectivity index (χ3v) is 10.9. The summed E-state index contributed by atoms with van der Waals surface area (Å²) in [5, 5.41) is 2.93. The Labute approximate surface area is 266 Å². The summed E-state index contributed by atoms with van der Waals surface area (Å²) in [5.74, 6) is 1.58. The van der Waals surface area contributed by atoms with Crippen LogP contribution in [0.2, 0.25) is 0 Å². The van der Waals surface area contributed by atoms with Crippen LogP contribution in [0, 0.1) is 23.2 Å². The molecular formula is C35H48N4O6. The number of aldehydes is 1. The zero-order chi connectivity index (χ0) is 32.1. The van der Waals surface area contributed by atoms with Gasteiger partial charge in [-0.25, -0.2) is 14.8 Å². The van der Waals surface area contributed by atoms with Gasteiger partial charge in [-0.05, 0) is 81.3 Å². The van der Waals surface area contributed by atoms with Crippen molar-refractivity contribution in [1.29, 1.82) is 0 Å². The lowest BCUT2D eigenvalue weighted by atomic mass is 9.85. The van der Waals surface area contributed by atoms with Crippen LogP contribution >= 0.6 is 0 Å². The van der Waals surface area contributed by atoms with Gasteiger partial charge in [0.25, 0.3) is 0 Å². The van der Waals surface area contributed by atoms with Gasteiger partial charge >= 0.3 is 6.09 Å². The summed E-state index contributed by atoms with van der Waals surface area (Å²) in [6, 6.07) is 4.10. The summed E-state index contributed by atoms with van der Waals surface area (Å²) in [5.41, 5.74) is 1.12. The molecule has 0 radical (unpaired) electrons. The summed E-state index contributed by atoms with van der Waals surface area (Å²) in [7, 11) is 1.62. The lowest BCUT2D eigenvalue weighted by molar-refractivity contribution is -0.139. The monoisotopic (exact) mass is 620 g/mol. The van der Waals surface area contributed by atoms with Gasteiger partial charge < -0.3 is 29.2 Å². The Bertz CT molecular complexity index is 1460. The first-order chi connectivity index (χ1) is 21.5. The maximum Gasteiger partial charge on any atom is 0.408 e. The molecule has 10 nitrogen and oxygen atoms in total. The van der Waals surface area contributed by atoms with Crippen LogP contribution in [0.15, 0.2) is 18.2 Å². The topological polar surface area (TPSA) is 120 Å². The number of alkyl carbamates (subject to hydrolysis) is 1. The fraction of sp³-hybridized carbons (Fsp3) is 0.686. The Balaban J connectivity index is 1.40. The van der Waals surface area contributed by atoms with E-state index in [-0.39, 0.29) is 30.2 Å². The van der Waals surface area contributed by atoms with Gasteiger partial charge in [0.05, 0.1) is 30.7 Å². The van der Waals surface area contributed by atoms with Crippen LogP contribution in [0.4, 0.5) is 4.79 Å². The summed E-state index contributed by atoms with van der Waals surface area (Å²) in [4.78, 5) is 52.0. The maximum atomic E-state index is 14.3. The molecule has 45 heavy (non-hydrogen) atoms. The lowest BCUT2D eigenvalue weighted by Gasteiger charge is -2.37. The zero-order valence-corrected chi connectivity index (χ0v) is 27.5. The number of benzene rings is 1. The van der Waals surface area contributed by atoms with Crippen molar-refractivity contribution in [2.45, 2.75) is 116 Å². The average Bonchev–Trinajstić information content (AvgIpc) is 3.54. The molecule has 3 fully saturated rings. The van der Waals surface area contributed by atoms with E-state index in [0.29, 0.717) is 29.5 Å². The highest BCUT2D eigenvalue weighted by Crippen LogP contribution is 2.53. The van der Waals surface area contributed by atoms with Crippen molar-refractivity contribution >= 4 is 29.3 Å². The maximum absolute atomic E-state index is 14.3. The molecule has 1 N–H and O–H groups in total. The molecule has 1 aromatic carbocycles. The van der Waals surface area contributed by atoms with Crippen LogP contribution in [0.3, 0.4) is 0 Å². The van der Waals surface area contributed by atoms with Crippen molar-refractivity contribution in [3.05, 3.63) is 23.9 Å². The molecule has 1 saturated heterocycles. The van der Waals surface area contributed by atoms with Crippen LogP contribution in [0.25, 0.3) is 11.0 Å². The number of carbonyl (C=O) groups is 3. The number of aromatic nitrogens is 2. The number of nitrogens with zero attached hydrogens (tertiary/aromatic N) is 3. The smallest absolute Gasteiger partial charge is 0.408 e. The molecule has 1 aromatic heterocycles. The number of carbonyl (C=O) groups excluding carboxylic acids is 3. The third-order valence-electron chi connectivity index (χ3n) is 10.9. The van der Waals surface area contributed by atoms with E-state index in [2.05, 4.69) is 5.32 Å². The van der Waals surface area contributed by atoms with Gasteiger partial charge in [0.15, 0.2) is 0 Å². The molecule has 2 aliphatic carbocycles. The summed E-state index contributed by atoms with van der Waals surface area (Å²) < 4.78 is 18.3. The number of methoxy groups -OCH3 is 1. The second-order valence-electron chi connectivity index (χ2n) is 14.9. The van der Waals surface area contributed by atoms with Crippen molar-refractivity contribution in [3.8, 4) is 11.6 Å². The quantitative estimate of drug-likeness (QED) is 0.427. The van der Waals surface area contributed by atoms with E-state index in [4.69, 9.17) is 24.2 Å². The Morgan fingerprint density at radius 3 is 2.62 bits per heavy atom. The minimum atomic E-state index is -0.887. The number of fused-ring (bicyclic) bond motifs is 7. The molecule has 10 heteroatoms. The van der Waals surface area contributed by atoms with E-state index < -0.39 is 35.3 Å². The first-order valence-electron chi connectivity index (χ1n) is 16.7. The van der Waals surface area contributed by atoms with E-state index in [1.54, 1.807) is 12.0 Å². The normalized spacial score (nSPS) is 33.9. The van der Waals surface area contributed by atoms with Gasteiger partial charge in [-0.3, -0.25) is 4.79 Å². The van der Waals surface area contributed by atoms with Crippen LogP contribution in [-0.4, -0.2) is 70.6 Å². The minimum absolute atomic E-state index is 0.204. The molecule has 244 valence electrons. The minimum Gasteiger partial charge on any atom is -0.497 e. The van der Waals surface area contributed by atoms with E-state index in [1.165, 1.54) is 0 Å². The second-order valence-corrected chi connectivity index (χ2v) is 14.9. The summed E-state index contributed by atoms with van der Waals surface area (Å²) >= 11 is 0. The zero-order valence-electron chi connectivity index (χ0n) is 27.5. The molecule has 2 amide bonds. The first kappa shape index (κ1) is 31.5. The molecule has 2 unspecified atom stereocenters. The Morgan fingerprint density at radius 1 is 1.13 bits per heavy atom. The van der Waals surface area contributed by atoms with E-state index in [9.17, 15) is 14.4 Å². The Hall–Kier alpha value is -3.43. The van der Waals surface area contributed by atoms with Crippen molar-refractivity contribution in [1.82, 2.24) is 20.2 Å². The van der Waals surface area contributed by atoms with Gasteiger partial charge in [-0.2, -0.15) is 0 Å². The number of nitrogens with one attached hydrogen (secondary N) is 1. The van der Waals surface area contributed by atoms with E-state index >= 15 is 0 Å². The predicted molar refractivity (Wildman–Crippen MR) is 169 cm³/mol. The third kappa shape index (κ3) is 6.09. The Kier molecular flexibility index (Phi) is 8.46. The molecule has 2 aliphatic heterocycles. The SMILES string of the molecule is CC[C@@H]1[C@@H]2CN(C(=O)[C@H](C(C)(C)C)NC(=O)O[C@]3(C)CCC[C@H]3CCCC3CC3c3nc4ccc(OC)cc4nc3O2)[C@@H]1C=O. The van der Waals surface area contributed by atoms with Crippen molar-refractivity contribution in [2.75, 3.05) is 13.7 Å². The molecule has 4 aliphatic rings. The average molecular weight is 621 g/mol. The van der Waals surface area contributed by atoms with Crippen molar-refractivity contribution in [2.24, 2.45) is 23.2 Å². The molecular weight excluding hydrogens is 572 g/mol. The molecule has 2 aromatic rings. The first-order valence-corrected chi connectivity index (χ1v) is 16.7. The largest absolute Gasteiger partial charge is 0.497 e. The van der Waals surface area contributed by atoms with Gasteiger partial charge in [0.2, 0.25) is 11.8 Å². The van der Waals surface area contributed by atoms with E-state index in [1.807, 2.05) is 52.8 Å². The molecule has 0 spiro atoms. The van der Waals surface area contributed by atoms with Crippen LogP contribution < -0.4 is 14.8 Å². The number of amides is 2. The summed E-state index contributed by atoms with van der Waals surface area (Å²) in [6.45, 7) is 9.99. The fourth-order valence-corrected chi connectivity index (χ4v) is 8.07. The van der Waals surface area contributed by atoms with Crippen molar-refractivity contribution < 1.29 is 28.6 Å². The molecule has 6 rings (SSSR count). The predicted octanol–water partition coefficient (Wildman–Crippen LogP) is 5.81. The Morgan fingerprint density at radius 2 is 1.91 bits per heavy atom. The van der Waals surface area contributed by atoms with Crippen LogP contribution in [0.1, 0.15) is 97.6 Å². The van der Waals surface area contributed by atoms with Gasteiger partial charge in [0, 0.05) is 17.9 Å².